The van der Waals surface area contributed by atoms with Gasteiger partial charge >= 0.3 is 6.18 Å². The largest absolute Gasteiger partial charge is 0.435 e. The van der Waals surface area contributed by atoms with Crippen LogP contribution in [-0.4, -0.2) is 26.2 Å². The summed E-state index contributed by atoms with van der Waals surface area (Å²) in [7, 11) is 0. The minimum atomic E-state index is -4.88. The lowest BCUT2D eigenvalue weighted by Gasteiger charge is -2.11. The van der Waals surface area contributed by atoms with E-state index in [2.05, 4.69) is 10.3 Å². The molecule has 1 aromatic heterocycles. The standard InChI is InChI=1S/C11H7F3N4O3/c1-6-2-3-7(18(20)21)4-9(6)17-10(11(12,13)14)8(5-19)15-16-17/h2-5H,1H3. The van der Waals surface area contributed by atoms with Gasteiger partial charge in [0.05, 0.1) is 10.6 Å². The molecule has 0 aliphatic carbocycles. The molecule has 0 fully saturated rings. The summed E-state index contributed by atoms with van der Waals surface area (Å²) in [6.45, 7) is 1.46. The highest BCUT2D eigenvalue weighted by Crippen LogP contribution is 2.33. The molecule has 0 atom stereocenters. The predicted octanol–water partition coefficient (Wildman–Crippen LogP) is 2.32. The molecule has 0 saturated carbocycles. The molecular weight excluding hydrogens is 293 g/mol. The van der Waals surface area contributed by atoms with Crippen LogP contribution in [0.2, 0.25) is 0 Å². The Hall–Kier alpha value is -2.78. The molecule has 2 aromatic rings. The maximum atomic E-state index is 13.0. The van der Waals surface area contributed by atoms with E-state index in [9.17, 15) is 28.1 Å². The van der Waals surface area contributed by atoms with E-state index in [-0.39, 0.29) is 12.0 Å². The fraction of sp³-hybridized carbons (Fsp3) is 0.182. The van der Waals surface area contributed by atoms with E-state index < -0.39 is 28.2 Å². The third kappa shape index (κ3) is 2.59. The minimum absolute atomic E-state index is 0.0704. The van der Waals surface area contributed by atoms with Crippen LogP contribution >= 0.6 is 0 Å². The van der Waals surface area contributed by atoms with Gasteiger partial charge in [0.25, 0.3) is 5.69 Å². The Morgan fingerprint density at radius 1 is 1.38 bits per heavy atom. The molecule has 0 N–H and O–H groups in total. The molecule has 0 aliphatic rings. The highest BCUT2D eigenvalue weighted by molar-refractivity contribution is 5.74. The summed E-state index contributed by atoms with van der Waals surface area (Å²) < 4.78 is 39.4. The molecule has 0 bridgehead atoms. The predicted molar refractivity (Wildman–Crippen MR) is 63.1 cm³/mol. The smallest absolute Gasteiger partial charge is 0.296 e. The van der Waals surface area contributed by atoms with Gasteiger partial charge in [0, 0.05) is 12.1 Å². The molecule has 10 heteroatoms. The van der Waals surface area contributed by atoms with Gasteiger partial charge in [-0.25, -0.2) is 4.68 Å². The van der Waals surface area contributed by atoms with Gasteiger partial charge < -0.3 is 0 Å². The zero-order chi connectivity index (χ0) is 15.8. The second-order valence-corrected chi connectivity index (χ2v) is 4.08. The Morgan fingerprint density at radius 2 is 2.05 bits per heavy atom. The molecule has 0 aliphatic heterocycles. The van der Waals surface area contributed by atoms with Crippen LogP contribution in [0.4, 0.5) is 18.9 Å². The molecule has 1 heterocycles. The van der Waals surface area contributed by atoms with Crippen LogP contribution in [0.3, 0.4) is 0 Å². The lowest BCUT2D eigenvalue weighted by molar-refractivity contribution is -0.384. The van der Waals surface area contributed by atoms with Gasteiger partial charge in [-0.15, -0.1) is 5.10 Å². The number of aldehydes is 1. The van der Waals surface area contributed by atoms with Crippen LogP contribution in [0.1, 0.15) is 21.7 Å². The molecule has 21 heavy (non-hydrogen) atoms. The lowest BCUT2D eigenvalue weighted by Crippen LogP contribution is -2.16. The number of non-ortho nitro benzene ring substituents is 1. The number of aryl methyl sites for hydroxylation is 1. The number of rotatable bonds is 3. The molecule has 110 valence electrons. The van der Waals surface area contributed by atoms with Gasteiger partial charge in [-0.05, 0) is 12.5 Å². The summed E-state index contributed by atoms with van der Waals surface area (Å²) in [6, 6.07) is 3.38. The average molecular weight is 300 g/mol. The highest BCUT2D eigenvalue weighted by atomic mass is 19.4. The van der Waals surface area contributed by atoms with Gasteiger partial charge in [0.2, 0.25) is 0 Å². The fourth-order valence-corrected chi connectivity index (χ4v) is 1.75. The molecular formula is C11H7F3N4O3. The number of nitrogens with zero attached hydrogens (tertiary/aromatic N) is 4. The normalized spacial score (nSPS) is 11.4. The summed E-state index contributed by atoms with van der Waals surface area (Å²) in [4.78, 5) is 20.6. The average Bonchev–Trinajstić information content (AvgIpc) is 2.82. The van der Waals surface area contributed by atoms with Gasteiger partial charge in [-0.2, -0.15) is 13.2 Å². The third-order valence-electron chi connectivity index (χ3n) is 2.71. The summed E-state index contributed by atoms with van der Waals surface area (Å²) in [5, 5.41) is 17.1. The Morgan fingerprint density at radius 3 is 2.57 bits per heavy atom. The first-order valence-electron chi connectivity index (χ1n) is 5.49. The molecule has 0 amide bonds. The second kappa shape index (κ2) is 4.96. The van der Waals surface area contributed by atoms with Gasteiger partial charge in [0.15, 0.2) is 17.7 Å². The van der Waals surface area contributed by atoms with Crippen LogP contribution in [0.15, 0.2) is 18.2 Å². The van der Waals surface area contributed by atoms with Crippen molar-refractivity contribution in [2.75, 3.05) is 0 Å². The first kappa shape index (κ1) is 14.6. The summed E-state index contributed by atoms with van der Waals surface area (Å²) in [5.74, 6) is 0. The summed E-state index contributed by atoms with van der Waals surface area (Å²) in [5.41, 5.74) is -2.51. The number of carbonyl (C=O) groups excluding carboxylic acids is 1. The van der Waals surface area contributed by atoms with E-state index in [4.69, 9.17) is 0 Å². The number of halogens is 3. The number of hydrogen-bond acceptors (Lipinski definition) is 5. The SMILES string of the molecule is Cc1ccc([N+](=O)[O-])cc1-n1nnc(C=O)c1C(F)(F)F. The Kier molecular flexibility index (Phi) is 3.45. The van der Waals surface area contributed by atoms with Crippen LogP contribution in [0, 0.1) is 17.0 Å². The number of alkyl halides is 3. The van der Waals surface area contributed by atoms with Crippen LogP contribution in [-0.2, 0) is 6.18 Å². The maximum absolute atomic E-state index is 13.0. The molecule has 7 nitrogen and oxygen atoms in total. The molecule has 1 aromatic carbocycles. The Labute approximate surface area is 115 Å². The molecule has 2 rings (SSSR count). The van der Waals surface area contributed by atoms with Crippen molar-refractivity contribution in [3.63, 3.8) is 0 Å². The summed E-state index contributed by atoms with van der Waals surface area (Å²) >= 11 is 0. The Balaban J connectivity index is 2.73. The van der Waals surface area contributed by atoms with Gasteiger partial charge in [0.1, 0.15) is 0 Å². The van der Waals surface area contributed by atoms with E-state index >= 15 is 0 Å². The topological polar surface area (TPSA) is 90.9 Å². The van der Waals surface area contributed by atoms with Crippen molar-refractivity contribution in [1.82, 2.24) is 15.0 Å². The van der Waals surface area contributed by atoms with Crippen molar-refractivity contribution in [2.24, 2.45) is 0 Å². The van der Waals surface area contributed by atoms with Crippen molar-refractivity contribution >= 4 is 12.0 Å². The van der Waals surface area contributed by atoms with Crippen LogP contribution < -0.4 is 0 Å². The summed E-state index contributed by atoms with van der Waals surface area (Å²) in [6.07, 6.45) is -4.95. The molecule has 0 radical (unpaired) electrons. The van der Waals surface area contributed by atoms with E-state index in [1.54, 1.807) is 0 Å². The van der Waals surface area contributed by atoms with E-state index in [0.717, 1.165) is 12.1 Å². The van der Waals surface area contributed by atoms with E-state index in [1.807, 2.05) is 0 Å². The van der Waals surface area contributed by atoms with E-state index in [0.29, 0.717) is 10.2 Å². The number of carbonyl (C=O) groups is 1. The van der Waals surface area contributed by atoms with Gasteiger partial charge in [-0.3, -0.25) is 14.9 Å². The second-order valence-electron chi connectivity index (χ2n) is 4.08. The zero-order valence-electron chi connectivity index (χ0n) is 10.5. The Bertz CT molecular complexity index is 724. The van der Waals surface area contributed by atoms with Crippen molar-refractivity contribution in [3.05, 3.63) is 45.3 Å². The van der Waals surface area contributed by atoms with Crippen LogP contribution in [0.25, 0.3) is 5.69 Å². The number of benzene rings is 1. The van der Waals surface area contributed by atoms with Crippen molar-refractivity contribution < 1.29 is 22.9 Å². The number of nitro benzene ring substituents is 1. The monoisotopic (exact) mass is 300 g/mol. The third-order valence-corrected chi connectivity index (χ3v) is 2.71. The number of aromatic nitrogens is 3. The highest BCUT2D eigenvalue weighted by Gasteiger charge is 2.40. The van der Waals surface area contributed by atoms with Crippen LogP contribution in [0.5, 0.6) is 0 Å². The number of hydrogen-bond donors (Lipinski definition) is 0. The molecule has 0 unspecified atom stereocenters. The molecule has 0 spiro atoms. The fourth-order valence-electron chi connectivity index (χ4n) is 1.75. The lowest BCUT2D eigenvalue weighted by atomic mass is 10.1. The first-order chi connectivity index (χ1) is 9.75. The van der Waals surface area contributed by atoms with Gasteiger partial charge in [-0.1, -0.05) is 11.3 Å². The molecule has 0 saturated heterocycles. The van der Waals surface area contributed by atoms with Crippen molar-refractivity contribution in [3.8, 4) is 5.69 Å². The zero-order valence-corrected chi connectivity index (χ0v) is 10.5. The van der Waals surface area contributed by atoms with Crippen molar-refractivity contribution in [1.29, 1.82) is 0 Å². The van der Waals surface area contributed by atoms with Crippen molar-refractivity contribution in [2.45, 2.75) is 13.1 Å². The first-order valence-corrected chi connectivity index (χ1v) is 5.49. The minimum Gasteiger partial charge on any atom is -0.296 e. The van der Waals surface area contributed by atoms with E-state index in [1.165, 1.54) is 13.0 Å². The quantitative estimate of drug-likeness (QED) is 0.493. The number of nitro groups is 1. The maximum Gasteiger partial charge on any atom is 0.435 e.